The molecule has 0 bridgehead atoms. The van der Waals surface area contributed by atoms with E-state index in [0.29, 0.717) is 25.7 Å². The van der Waals surface area contributed by atoms with E-state index in [9.17, 15) is 65.9 Å². The summed E-state index contributed by atoms with van der Waals surface area (Å²) in [6.07, 6.45) is 0.324. The van der Waals surface area contributed by atoms with E-state index in [0.717, 1.165) is 0 Å². The average Bonchev–Trinajstić information content (AvgIpc) is 2.92. The fourth-order valence-electron chi connectivity index (χ4n) is 3.93. The summed E-state index contributed by atoms with van der Waals surface area (Å²) in [4.78, 5) is 0. The summed E-state index contributed by atoms with van der Waals surface area (Å²) < 4.78 is 275. The van der Waals surface area contributed by atoms with Gasteiger partial charge >= 0.3 is 246 Å². The average molecular weight is 825 g/mol. The first-order valence-electron chi connectivity index (χ1n) is 12.7. The SMILES string of the molecule is CCCCCCCCCC[O][Sn]([C](F)(F)C(F)(F)C(F)(F)CF)([C](F)(F)C(F)(F)C(F)(F)CF)[C](F)(F)C(F)(F)C(F)(F)CF. The van der Waals surface area contributed by atoms with Crippen molar-refractivity contribution in [3.05, 3.63) is 0 Å². The van der Waals surface area contributed by atoms with Crippen LogP contribution in [-0.2, 0) is 3.07 Å². The zero-order valence-electron chi connectivity index (χ0n) is 22.8. The van der Waals surface area contributed by atoms with E-state index < -0.39 is 106 Å². The Morgan fingerprint density at radius 2 is 0.644 bits per heavy atom. The van der Waals surface area contributed by atoms with Crippen molar-refractivity contribution < 1.29 is 95.3 Å². The Hall–Kier alpha value is -0.711. The second-order valence-corrected chi connectivity index (χ2v) is 20.1. The van der Waals surface area contributed by atoms with E-state index in [-0.39, 0.29) is 12.8 Å². The van der Waals surface area contributed by atoms with Crippen LogP contribution in [0.5, 0.6) is 0 Å². The summed E-state index contributed by atoms with van der Waals surface area (Å²) in [5.41, 5.74) is 0. The Labute approximate surface area is 246 Å². The van der Waals surface area contributed by atoms with Crippen LogP contribution in [0.3, 0.4) is 0 Å². The van der Waals surface area contributed by atoms with Crippen LogP contribution in [-0.4, -0.2) is 92.8 Å². The molecule has 0 heterocycles. The normalized spacial score (nSPS) is 15.6. The van der Waals surface area contributed by atoms with Crippen molar-refractivity contribution in [3.8, 4) is 0 Å². The molecule has 0 atom stereocenters. The molecule has 1 nitrogen and oxygen atoms in total. The molecule has 0 aliphatic rings. The van der Waals surface area contributed by atoms with Gasteiger partial charge in [0.25, 0.3) is 0 Å². The molecule has 272 valence electrons. The van der Waals surface area contributed by atoms with Crippen LogP contribution in [0.25, 0.3) is 0 Å². The zero-order valence-corrected chi connectivity index (χ0v) is 25.7. The van der Waals surface area contributed by atoms with Gasteiger partial charge in [-0.3, -0.25) is 0 Å². The van der Waals surface area contributed by atoms with Crippen LogP contribution in [0.4, 0.5) is 92.2 Å². The second-order valence-electron chi connectivity index (χ2n) is 9.97. The Balaban J connectivity index is 7.88. The molecule has 0 aromatic heterocycles. The molecule has 0 aliphatic carbocycles. The van der Waals surface area contributed by atoms with Crippen molar-refractivity contribution >= 4 is 18.8 Å². The molecule has 0 saturated heterocycles. The van der Waals surface area contributed by atoms with Crippen molar-refractivity contribution in [1.29, 1.82) is 0 Å². The van der Waals surface area contributed by atoms with Crippen molar-refractivity contribution in [2.24, 2.45) is 0 Å². The predicted molar refractivity (Wildman–Crippen MR) is 117 cm³/mol. The fourth-order valence-corrected chi connectivity index (χ4v) is 15.5. The van der Waals surface area contributed by atoms with Gasteiger partial charge in [0, 0.05) is 0 Å². The van der Waals surface area contributed by atoms with Gasteiger partial charge in [-0.15, -0.1) is 0 Å². The summed E-state index contributed by atoms with van der Waals surface area (Å²) in [6.45, 7) is -13.3. The van der Waals surface area contributed by atoms with Gasteiger partial charge < -0.3 is 0 Å². The Morgan fingerprint density at radius 1 is 0.400 bits per heavy atom. The van der Waals surface area contributed by atoms with E-state index in [4.69, 9.17) is 0 Å². The molecule has 23 heteroatoms. The molecule has 0 amide bonds. The summed E-state index contributed by atoms with van der Waals surface area (Å²) >= 11 is -12.3. The van der Waals surface area contributed by atoms with Crippen LogP contribution in [0, 0.1) is 0 Å². The van der Waals surface area contributed by atoms with Crippen LogP contribution in [0.2, 0.25) is 0 Å². The molecule has 0 radical (unpaired) electrons. The van der Waals surface area contributed by atoms with E-state index in [1.165, 1.54) is 0 Å². The van der Waals surface area contributed by atoms with Crippen LogP contribution >= 0.6 is 0 Å². The number of hydrogen-bond donors (Lipinski definition) is 0. The second kappa shape index (κ2) is 14.8. The number of hydrogen-bond acceptors (Lipinski definition) is 1. The summed E-state index contributed by atoms with van der Waals surface area (Å²) in [5.74, 6) is -46.5. The van der Waals surface area contributed by atoms with Gasteiger partial charge in [-0.1, -0.05) is 0 Å². The Kier molecular flexibility index (Phi) is 14.6. The van der Waals surface area contributed by atoms with Gasteiger partial charge in [0.15, 0.2) is 0 Å². The molecule has 0 aliphatic heterocycles. The van der Waals surface area contributed by atoms with Crippen LogP contribution in [0.1, 0.15) is 58.3 Å². The summed E-state index contributed by atoms with van der Waals surface area (Å²) in [5, 5.41) is 0. The van der Waals surface area contributed by atoms with Gasteiger partial charge in [-0.2, -0.15) is 0 Å². The quantitative estimate of drug-likeness (QED) is 0.0601. The fraction of sp³-hybridized carbons (Fsp3) is 1.00. The summed E-state index contributed by atoms with van der Waals surface area (Å²) in [6, 6.07) is 0. The van der Waals surface area contributed by atoms with Gasteiger partial charge in [0.05, 0.1) is 0 Å². The van der Waals surface area contributed by atoms with E-state index in [1.54, 1.807) is 6.92 Å². The maximum absolute atomic E-state index is 15.3. The molecule has 0 unspecified atom stereocenters. The van der Waals surface area contributed by atoms with Crippen LogP contribution in [0.15, 0.2) is 0 Å². The van der Waals surface area contributed by atoms with Gasteiger partial charge in [0.1, 0.15) is 0 Å². The molecule has 45 heavy (non-hydrogen) atoms. The van der Waals surface area contributed by atoms with Crippen molar-refractivity contribution in [1.82, 2.24) is 0 Å². The zero-order chi connectivity index (χ0) is 36.2. The first kappa shape index (κ1) is 44.3. The van der Waals surface area contributed by atoms with Gasteiger partial charge in [-0.05, 0) is 0 Å². The van der Waals surface area contributed by atoms with Crippen molar-refractivity contribution in [2.45, 2.75) is 106 Å². The molecule has 0 N–H and O–H groups in total. The molecule has 0 rings (SSSR count). The third kappa shape index (κ3) is 7.19. The third-order valence-corrected chi connectivity index (χ3v) is 18.8. The molecule has 0 spiro atoms. The van der Waals surface area contributed by atoms with Gasteiger partial charge in [-0.25, -0.2) is 0 Å². The first-order valence-corrected chi connectivity index (χ1v) is 18.2. The third-order valence-electron chi connectivity index (χ3n) is 6.71. The molecule has 0 aromatic rings. The Bertz CT molecular complexity index is 825. The molecule has 0 fully saturated rings. The van der Waals surface area contributed by atoms with E-state index >= 15 is 26.3 Å². The number of unbranched alkanes of at least 4 members (excludes halogenated alkanes) is 7. The standard InChI is InChI=1S/C10H21O.3C4H2F7.Sn/c1-2-3-4-5-6-7-8-9-10-11;3*5-1-3(8,9)4(10,11)2(6)7;/h2-10H2,1H3;3*1H2;/q-1;;;;+1. The summed E-state index contributed by atoms with van der Waals surface area (Å²) in [7, 11) is 0. The molecular formula is C22H27F21OSn. The van der Waals surface area contributed by atoms with Crippen molar-refractivity contribution in [3.63, 3.8) is 0 Å². The minimum absolute atomic E-state index is 0.152. The Morgan fingerprint density at radius 3 is 0.889 bits per heavy atom. The number of halogens is 21. The van der Waals surface area contributed by atoms with Gasteiger partial charge in [0.2, 0.25) is 0 Å². The van der Waals surface area contributed by atoms with E-state index in [2.05, 4.69) is 3.07 Å². The number of rotatable bonds is 22. The molecular weight excluding hydrogens is 798 g/mol. The minimum atomic E-state index is -12.3. The monoisotopic (exact) mass is 826 g/mol. The predicted octanol–water partition coefficient (Wildman–Crippen LogP) is 10.3. The van der Waals surface area contributed by atoms with Crippen molar-refractivity contribution in [2.75, 3.05) is 26.6 Å². The molecule has 0 aromatic carbocycles. The number of alkyl halides is 21. The molecule has 0 saturated carbocycles. The van der Waals surface area contributed by atoms with Crippen LogP contribution < -0.4 is 0 Å². The van der Waals surface area contributed by atoms with E-state index in [1.807, 2.05) is 0 Å². The maximum atomic E-state index is 15.3. The first-order chi connectivity index (χ1) is 20.0. The topological polar surface area (TPSA) is 9.23 Å².